The first kappa shape index (κ1) is 15.7. The molecule has 23 heavy (non-hydrogen) atoms. The number of halogens is 1. The summed E-state index contributed by atoms with van der Waals surface area (Å²) >= 11 is 6.24. The Hall–Kier alpha value is -2.19. The molecule has 122 valence electrons. The van der Waals surface area contributed by atoms with Crippen molar-refractivity contribution in [1.29, 1.82) is 0 Å². The van der Waals surface area contributed by atoms with Crippen LogP contribution in [0.2, 0.25) is 5.02 Å². The van der Waals surface area contributed by atoms with Crippen LogP contribution in [0.4, 0.5) is 0 Å². The van der Waals surface area contributed by atoms with E-state index in [0.29, 0.717) is 34.5 Å². The molecule has 1 aliphatic rings. The molecule has 3 rings (SSSR count). The lowest BCUT2D eigenvalue weighted by atomic mass is 10.1. The van der Waals surface area contributed by atoms with E-state index >= 15 is 0 Å². The minimum absolute atomic E-state index is 0.0130. The number of tetrazole rings is 1. The minimum atomic E-state index is -0.275. The van der Waals surface area contributed by atoms with E-state index in [0.717, 1.165) is 12.8 Å². The maximum absolute atomic E-state index is 12.4. The number of carbonyl (C=O) groups is 1. The maximum atomic E-state index is 12.4. The lowest BCUT2D eigenvalue weighted by molar-refractivity contribution is 0.0947. The zero-order valence-corrected chi connectivity index (χ0v) is 13.3. The maximum Gasteiger partial charge on any atom is 0.255 e. The number of nitrogens with one attached hydrogen (secondary N) is 1. The fourth-order valence-corrected chi connectivity index (χ4v) is 2.58. The van der Waals surface area contributed by atoms with Crippen molar-refractivity contribution in [2.45, 2.75) is 18.9 Å². The van der Waals surface area contributed by atoms with Gasteiger partial charge in [-0.05, 0) is 35.3 Å². The molecule has 3 N–H and O–H groups in total. The average molecular weight is 337 g/mol. The van der Waals surface area contributed by atoms with Gasteiger partial charge in [0.25, 0.3) is 5.91 Å². The Balaban J connectivity index is 1.80. The van der Waals surface area contributed by atoms with Crippen molar-refractivity contribution in [2.75, 3.05) is 13.7 Å². The van der Waals surface area contributed by atoms with Crippen LogP contribution < -0.4 is 15.8 Å². The Labute approximate surface area is 137 Å². The van der Waals surface area contributed by atoms with E-state index in [4.69, 9.17) is 22.1 Å². The smallest absolute Gasteiger partial charge is 0.255 e. The molecule has 1 unspecified atom stereocenters. The van der Waals surface area contributed by atoms with E-state index in [9.17, 15) is 4.79 Å². The number of benzene rings is 1. The van der Waals surface area contributed by atoms with Gasteiger partial charge in [0.15, 0.2) is 0 Å². The molecule has 1 aromatic heterocycles. The van der Waals surface area contributed by atoms with Crippen LogP contribution in [0.15, 0.2) is 18.5 Å². The quantitative estimate of drug-likeness (QED) is 0.807. The van der Waals surface area contributed by atoms with Crippen LogP contribution >= 0.6 is 11.6 Å². The summed E-state index contributed by atoms with van der Waals surface area (Å²) in [5.41, 5.74) is 6.87. The second-order valence-electron chi connectivity index (χ2n) is 5.47. The van der Waals surface area contributed by atoms with Crippen LogP contribution in [0.5, 0.6) is 5.75 Å². The topological polar surface area (TPSA) is 108 Å². The molecule has 0 bridgehead atoms. The average Bonchev–Trinajstić information content (AvgIpc) is 3.27. The van der Waals surface area contributed by atoms with E-state index in [1.165, 1.54) is 24.2 Å². The standard InChI is InChI=1S/C14H17ClN6O2/c1-23-13-5-12(21-7-18-19-20-21)10(15)4-9(13)14(22)17-6-11(16)8-2-3-8/h4-5,7-8,11H,2-3,6,16H2,1H3,(H,17,22). The molecular weight excluding hydrogens is 320 g/mol. The highest BCUT2D eigenvalue weighted by atomic mass is 35.5. The van der Waals surface area contributed by atoms with Gasteiger partial charge in [0.05, 0.1) is 23.4 Å². The fourth-order valence-electron chi connectivity index (χ4n) is 2.33. The number of aromatic nitrogens is 4. The largest absolute Gasteiger partial charge is 0.496 e. The highest BCUT2D eigenvalue weighted by Gasteiger charge is 2.28. The molecule has 1 aliphatic carbocycles. The molecule has 2 aromatic rings. The molecule has 8 nitrogen and oxygen atoms in total. The second kappa shape index (κ2) is 6.51. The number of nitrogens with zero attached hydrogens (tertiary/aromatic N) is 4. The van der Waals surface area contributed by atoms with Crippen molar-refractivity contribution in [3.8, 4) is 11.4 Å². The third-order valence-corrected chi connectivity index (χ3v) is 4.14. The van der Waals surface area contributed by atoms with E-state index in [2.05, 4.69) is 20.8 Å². The Kier molecular flexibility index (Phi) is 4.44. The Bertz CT molecular complexity index is 702. The number of carbonyl (C=O) groups excluding carboxylic acids is 1. The van der Waals surface area contributed by atoms with Crippen LogP contribution in [0.25, 0.3) is 5.69 Å². The SMILES string of the molecule is COc1cc(-n2cnnn2)c(Cl)cc1C(=O)NCC(N)C1CC1. The number of hydrogen-bond donors (Lipinski definition) is 2. The lowest BCUT2D eigenvalue weighted by Gasteiger charge is -2.14. The van der Waals surface area contributed by atoms with Gasteiger partial charge in [0.2, 0.25) is 0 Å². The number of rotatable bonds is 6. The molecule has 1 aromatic carbocycles. The van der Waals surface area contributed by atoms with E-state index in [1.807, 2.05) is 0 Å². The Morgan fingerprint density at radius 2 is 2.35 bits per heavy atom. The molecule has 0 spiro atoms. The van der Waals surface area contributed by atoms with Crippen molar-refractivity contribution in [2.24, 2.45) is 11.7 Å². The summed E-state index contributed by atoms with van der Waals surface area (Å²) in [5.74, 6) is 0.628. The number of ether oxygens (including phenoxy) is 1. The molecule has 0 radical (unpaired) electrons. The van der Waals surface area contributed by atoms with E-state index in [-0.39, 0.29) is 11.9 Å². The molecule has 9 heteroatoms. The van der Waals surface area contributed by atoms with Crippen LogP contribution in [0.3, 0.4) is 0 Å². The first-order valence-corrected chi connectivity index (χ1v) is 7.62. The zero-order chi connectivity index (χ0) is 16.4. The molecule has 1 fully saturated rings. The third kappa shape index (κ3) is 3.43. The molecule has 0 aliphatic heterocycles. The first-order valence-electron chi connectivity index (χ1n) is 7.25. The fraction of sp³-hybridized carbons (Fsp3) is 0.429. The zero-order valence-electron chi connectivity index (χ0n) is 12.6. The van der Waals surface area contributed by atoms with Crippen LogP contribution in [-0.2, 0) is 0 Å². The Morgan fingerprint density at radius 3 is 2.96 bits per heavy atom. The highest BCUT2D eigenvalue weighted by molar-refractivity contribution is 6.33. The van der Waals surface area contributed by atoms with Gasteiger partial charge in [-0.3, -0.25) is 4.79 Å². The van der Waals surface area contributed by atoms with Gasteiger partial charge in [-0.2, -0.15) is 4.68 Å². The summed E-state index contributed by atoms with van der Waals surface area (Å²) in [6.45, 7) is 0.430. The van der Waals surface area contributed by atoms with E-state index in [1.54, 1.807) is 6.07 Å². The monoisotopic (exact) mass is 336 g/mol. The molecule has 0 saturated heterocycles. The summed E-state index contributed by atoms with van der Waals surface area (Å²) < 4.78 is 6.69. The minimum Gasteiger partial charge on any atom is -0.496 e. The van der Waals surface area contributed by atoms with Crippen molar-refractivity contribution >= 4 is 17.5 Å². The summed E-state index contributed by atoms with van der Waals surface area (Å²) in [5, 5.41) is 14.1. The molecule has 1 atom stereocenters. The van der Waals surface area contributed by atoms with Gasteiger partial charge in [0.1, 0.15) is 12.1 Å². The van der Waals surface area contributed by atoms with Crippen molar-refractivity contribution < 1.29 is 9.53 Å². The summed E-state index contributed by atoms with van der Waals surface area (Å²) in [6, 6.07) is 3.14. The van der Waals surface area contributed by atoms with Crippen LogP contribution in [0.1, 0.15) is 23.2 Å². The van der Waals surface area contributed by atoms with Crippen LogP contribution in [-0.4, -0.2) is 45.8 Å². The molecule has 1 heterocycles. The number of amides is 1. The number of nitrogens with two attached hydrogens (primary N) is 1. The molecule has 1 saturated carbocycles. The predicted octanol–water partition coefficient (Wildman–Crippen LogP) is 0.791. The van der Waals surface area contributed by atoms with Gasteiger partial charge in [0, 0.05) is 18.7 Å². The Morgan fingerprint density at radius 1 is 1.57 bits per heavy atom. The summed E-state index contributed by atoms with van der Waals surface area (Å²) in [4.78, 5) is 12.4. The van der Waals surface area contributed by atoms with Crippen LogP contribution in [0, 0.1) is 5.92 Å². The number of methoxy groups -OCH3 is 1. The number of hydrogen-bond acceptors (Lipinski definition) is 6. The highest BCUT2D eigenvalue weighted by Crippen LogP contribution is 2.32. The predicted molar refractivity (Wildman–Crippen MR) is 83.7 cm³/mol. The summed E-state index contributed by atoms with van der Waals surface area (Å²) in [7, 11) is 1.49. The molecule has 1 amide bonds. The van der Waals surface area contributed by atoms with Gasteiger partial charge >= 0.3 is 0 Å². The molecular formula is C14H17ClN6O2. The summed E-state index contributed by atoms with van der Waals surface area (Å²) in [6.07, 6.45) is 3.68. The van der Waals surface area contributed by atoms with Gasteiger partial charge in [-0.15, -0.1) is 5.10 Å². The van der Waals surface area contributed by atoms with Crippen molar-refractivity contribution in [3.63, 3.8) is 0 Å². The van der Waals surface area contributed by atoms with E-state index < -0.39 is 0 Å². The van der Waals surface area contributed by atoms with Gasteiger partial charge < -0.3 is 15.8 Å². The van der Waals surface area contributed by atoms with Crippen molar-refractivity contribution in [1.82, 2.24) is 25.5 Å². The van der Waals surface area contributed by atoms with Gasteiger partial charge in [-0.1, -0.05) is 11.6 Å². The van der Waals surface area contributed by atoms with Crippen molar-refractivity contribution in [3.05, 3.63) is 29.0 Å². The van der Waals surface area contributed by atoms with Gasteiger partial charge in [-0.25, -0.2) is 0 Å². The second-order valence-corrected chi connectivity index (χ2v) is 5.88. The third-order valence-electron chi connectivity index (χ3n) is 3.84. The lowest BCUT2D eigenvalue weighted by Crippen LogP contribution is -2.38. The normalized spacial score (nSPS) is 15.3. The first-order chi connectivity index (χ1) is 11.1.